The van der Waals surface area contributed by atoms with Crippen molar-refractivity contribution in [2.24, 2.45) is 0 Å². The lowest BCUT2D eigenvalue weighted by Crippen LogP contribution is -2.03. The molecule has 0 saturated heterocycles. The minimum absolute atomic E-state index is 0.163. The van der Waals surface area contributed by atoms with Gasteiger partial charge in [-0.1, -0.05) is 35.4 Å². The van der Waals surface area contributed by atoms with Crippen LogP contribution in [0.2, 0.25) is 0 Å². The van der Waals surface area contributed by atoms with Gasteiger partial charge in [0.15, 0.2) is 11.6 Å². The molecule has 0 atom stereocenters. The van der Waals surface area contributed by atoms with Gasteiger partial charge in [0.25, 0.3) is 0 Å². The van der Waals surface area contributed by atoms with Crippen LogP contribution in [-0.4, -0.2) is 20.7 Å². The van der Waals surface area contributed by atoms with Crippen molar-refractivity contribution in [1.82, 2.24) is 9.13 Å². The van der Waals surface area contributed by atoms with Crippen LogP contribution >= 0.6 is 0 Å². The highest BCUT2D eigenvalue weighted by molar-refractivity contribution is 6.10. The zero-order valence-corrected chi connectivity index (χ0v) is 18.8. The monoisotopic (exact) mass is 434 g/mol. The number of nitrogens with zero attached hydrogens (tertiary/aromatic N) is 2. The smallest absolute Gasteiger partial charge is 0.163 e. The summed E-state index contributed by atoms with van der Waals surface area (Å²) < 4.78 is 4.01. The second kappa shape index (κ2) is 9.96. The quantitative estimate of drug-likeness (QED) is 0.247. The molecule has 2 heterocycles. The molecule has 0 aliphatic carbocycles. The lowest BCUT2D eigenvalue weighted by Gasteiger charge is -2.07. The first kappa shape index (κ1) is 22.0. The molecule has 4 heteroatoms. The van der Waals surface area contributed by atoms with E-state index in [1.807, 2.05) is 108 Å². The fourth-order valence-electron chi connectivity index (χ4n) is 3.59. The molecule has 33 heavy (non-hydrogen) atoms. The molecule has 0 N–H and O–H groups in total. The maximum atomic E-state index is 12.4. The number of benzene rings is 2. The van der Waals surface area contributed by atoms with E-state index >= 15 is 0 Å². The van der Waals surface area contributed by atoms with Gasteiger partial charge >= 0.3 is 0 Å². The maximum absolute atomic E-state index is 12.4. The van der Waals surface area contributed by atoms with E-state index in [9.17, 15) is 9.59 Å². The first-order chi connectivity index (χ1) is 16.0. The van der Waals surface area contributed by atoms with Crippen LogP contribution in [0.5, 0.6) is 0 Å². The second-order valence-electron chi connectivity index (χ2n) is 8.05. The number of carbonyl (C=O) groups is 2. The summed E-state index contributed by atoms with van der Waals surface area (Å²) in [7, 11) is 0. The summed E-state index contributed by atoms with van der Waals surface area (Å²) in [6.07, 6.45) is 10.2. The number of aromatic nitrogens is 2. The average molecular weight is 435 g/mol. The summed E-state index contributed by atoms with van der Waals surface area (Å²) in [4.78, 5) is 24.7. The summed E-state index contributed by atoms with van der Waals surface area (Å²) >= 11 is 0. The third-order valence-corrected chi connectivity index (χ3v) is 5.41. The summed E-state index contributed by atoms with van der Waals surface area (Å²) in [6.45, 7) is 4.09. The molecule has 164 valence electrons. The van der Waals surface area contributed by atoms with Gasteiger partial charge in [-0.25, -0.2) is 0 Å². The first-order valence-corrected chi connectivity index (χ1v) is 10.9. The molecule has 0 aliphatic rings. The van der Waals surface area contributed by atoms with Crippen molar-refractivity contribution < 1.29 is 9.59 Å². The van der Waals surface area contributed by atoms with Crippen molar-refractivity contribution in [2.75, 3.05) is 0 Å². The predicted molar refractivity (Wildman–Crippen MR) is 134 cm³/mol. The zero-order valence-electron chi connectivity index (χ0n) is 18.8. The second-order valence-corrected chi connectivity index (χ2v) is 8.05. The Hall–Kier alpha value is -4.18. The van der Waals surface area contributed by atoms with Gasteiger partial charge in [0.1, 0.15) is 0 Å². The molecular formula is C29H26N2O2. The number of hydrogen-bond acceptors (Lipinski definition) is 2. The van der Waals surface area contributed by atoms with Gasteiger partial charge in [0.2, 0.25) is 0 Å². The van der Waals surface area contributed by atoms with Crippen molar-refractivity contribution in [2.45, 2.75) is 20.3 Å². The van der Waals surface area contributed by atoms with Gasteiger partial charge < -0.3 is 9.13 Å². The highest BCUT2D eigenvalue weighted by Crippen LogP contribution is 2.16. The van der Waals surface area contributed by atoms with Gasteiger partial charge in [-0.3, -0.25) is 9.59 Å². The standard InChI is InChI=1S/C29H26N2O2/c1-22-7-11-26(12-8-22)30-19-3-5-24(30)15-17-28(32)21-29(33)18-16-25-6-4-20-31(25)27-13-9-23(2)10-14-27/h3-20H,21H2,1-2H3. The largest absolute Gasteiger partial charge is 0.317 e. The molecule has 0 unspecified atom stereocenters. The van der Waals surface area contributed by atoms with Gasteiger partial charge in [-0.15, -0.1) is 0 Å². The normalized spacial score (nSPS) is 11.5. The zero-order chi connectivity index (χ0) is 23.2. The van der Waals surface area contributed by atoms with Crippen LogP contribution in [0.25, 0.3) is 23.5 Å². The molecule has 0 fully saturated rings. The molecular weight excluding hydrogens is 408 g/mol. The minimum atomic E-state index is -0.227. The molecule has 0 bridgehead atoms. The fraction of sp³-hybridized carbons (Fsp3) is 0.103. The summed E-state index contributed by atoms with van der Waals surface area (Å²) in [6, 6.07) is 24.1. The number of allylic oxidation sites excluding steroid dienone is 2. The van der Waals surface area contributed by atoms with Crippen LogP contribution in [0.15, 0.2) is 97.3 Å². The molecule has 2 aromatic heterocycles. The number of aryl methyl sites for hydroxylation is 2. The number of carbonyl (C=O) groups excluding carboxylic acids is 2. The van der Waals surface area contributed by atoms with Crippen molar-refractivity contribution in [3.63, 3.8) is 0 Å². The number of rotatable bonds is 8. The summed E-state index contributed by atoms with van der Waals surface area (Å²) in [5, 5.41) is 0. The lowest BCUT2D eigenvalue weighted by atomic mass is 10.1. The van der Waals surface area contributed by atoms with Crippen molar-refractivity contribution in [1.29, 1.82) is 0 Å². The molecule has 4 nitrogen and oxygen atoms in total. The summed E-state index contributed by atoms with van der Waals surface area (Å²) in [5.41, 5.74) is 6.19. The van der Waals surface area contributed by atoms with Crippen molar-refractivity contribution in [3.05, 3.63) is 120 Å². The topological polar surface area (TPSA) is 44.0 Å². The number of ketones is 2. The number of hydrogen-bond donors (Lipinski definition) is 0. The van der Waals surface area contributed by atoms with E-state index in [2.05, 4.69) is 0 Å². The average Bonchev–Trinajstić information content (AvgIpc) is 3.47. The first-order valence-electron chi connectivity index (χ1n) is 10.9. The van der Waals surface area contributed by atoms with Crippen molar-refractivity contribution >= 4 is 23.7 Å². The molecule has 0 aliphatic heterocycles. The Kier molecular flexibility index (Phi) is 6.65. The highest BCUT2D eigenvalue weighted by atomic mass is 16.1. The van der Waals surface area contributed by atoms with E-state index < -0.39 is 0 Å². The van der Waals surface area contributed by atoms with Crippen LogP contribution in [0.1, 0.15) is 28.9 Å². The third-order valence-electron chi connectivity index (χ3n) is 5.41. The molecule has 4 aromatic rings. The van der Waals surface area contributed by atoms with Gasteiger partial charge in [0, 0.05) is 35.2 Å². The Labute approximate surface area is 194 Å². The van der Waals surface area contributed by atoms with Crippen LogP contribution in [-0.2, 0) is 9.59 Å². The Morgan fingerprint density at radius 2 is 1.03 bits per heavy atom. The molecule has 4 rings (SSSR count). The van der Waals surface area contributed by atoms with Crippen LogP contribution in [0, 0.1) is 13.8 Å². The van der Waals surface area contributed by atoms with Gasteiger partial charge in [-0.05, 0) is 86.7 Å². The Bertz CT molecular complexity index is 1210. The fourth-order valence-corrected chi connectivity index (χ4v) is 3.59. The summed E-state index contributed by atoms with van der Waals surface area (Å²) in [5.74, 6) is -0.453. The maximum Gasteiger partial charge on any atom is 0.163 e. The highest BCUT2D eigenvalue weighted by Gasteiger charge is 2.06. The molecule has 0 spiro atoms. The van der Waals surface area contributed by atoms with Crippen molar-refractivity contribution in [3.8, 4) is 11.4 Å². The van der Waals surface area contributed by atoms with E-state index in [0.29, 0.717) is 0 Å². The SMILES string of the molecule is Cc1ccc(-n2cccc2C=CC(=O)CC(=O)C=Cc2cccn2-c2ccc(C)cc2)cc1. The van der Waals surface area contributed by atoms with Crippen LogP contribution in [0.4, 0.5) is 0 Å². The van der Waals surface area contributed by atoms with E-state index in [1.165, 1.54) is 23.3 Å². The molecule has 0 radical (unpaired) electrons. The predicted octanol–water partition coefficient (Wildman–Crippen LogP) is 6.14. The molecule has 2 aromatic carbocycles. The Morgan fingerprint density at radius 3 is 1.42 bits per heavy atom. The Morgan fingerprint density at radius 1 is 0.636 bits per heavy atom. The molecule has 0 amide bonds. The van der Waals surface area contributed by atoms with Gasteiger partial charge in [-0.2, -0.15) is 0 Å². The molecule has 0 saturated carbocycles. The third kappa shape index (κ3) is 5.55. The van der Waals surface area contributed by atoms with E-state index in [1.54, 1.807) is 12.2 Å². The van der Waals surface area contributed by atoms with Crippen LogP contribution in [0.3, 0.4) is 0 Å². The van der Waals surface area contributed by atoms with E-state index in [0.717, 1.165) is 22.8 Å². The van der Waals surface area contributed by atoms with Gasteiger partial charge in [0.05, 0.1) is 6.42 Å². The Balaban J connectivity index is 1.39. The van der Waals surface area contributed by atoms with E-state index in [4.69, 9.17) is 0 Å². The van der Waals surface area contributed by atoms with E-state index in [-0.39, 0.29) is 18.0 Å². The lowest BCUT2D eigenvalue weighted by molar-refractivity contribution is -0.121. The van der Waals surface area contributed by atoms with Crippen LogP contribution < -0.4 is 0 Å². The minimum Gasteiger partial charge on any atom is -0.317 e.